The number of carbonyl (C=O) groups is 4. The number of aromatic nitrogens is 9. The van der Waals surface area contributed by atoms with E-state index in [4.69, 9.17) is 22.9 Å². The minimum atomic E-state index is -4.66. The average molecular weight is 1150 g/mol. The van der Waals surface area contributed by atoms with E-state index in [0.717, 1.165) is 18.2 Å². The molecule has 0 bridgehead atoms. The van der Waals surface area contributed by atoms with E-state index in [1.807, 2.05) is 6.07 Å². The number of nitrogens with one attached hydrogen (secondary N) is 3. The standard InChI is InChI=1S/C16H13F3N6O2.C16H11F3N6O.C15H11BrF3N5O/c1-7(26)23-15-12(14(21)27)25-6-8(2-3-11(25)24-15)9-4-10(16(17,18)19)13(20)22-5-9;1-8(26)23-15-12(5-20)25-7-9(2-3-13(25)24-15)10-4-11(16(17,18)19)14(21)22-6-10;1-7(25)22-14-12(16)24-6-8(2-3-11(24)23-14)9-4-10(15(17,18)19)13(20)21-5-9/h2-6H,1H3,(H2,20,22)(H2,21,27)(H,23,26);2-4,6-7H,1H3,(H2,21,22)(H,23,26);2-6H,1H3,(H2,20,21)(H,22,25). The van der Waals surface area contributed by atoms with Crippen LogP contribution in [0, 0.1) is 11.3 Å². The number of nitrogens with two attached hydrogens (primary N) is 4. The molecular formula is C47H35BrF9N17O4. The number of pyridine rings is 6. The molecule has 21 nitrogen and oxygen atoms in total. The Balaban J connectivity index is 0.000000170. The van der Waals surface area contributed by atoms with Crippen molar-refractivity contribution in [1.82, 2.24) is 43.1 Å². The van der Waals surface area contributed by atoms with Gasteiger partial charge in [-0.2, -0.15) is 44.8 Å². The van der Waals surface area contributed by atoms with Gasteiger partial charge in [-0.1, -0.05) is 0 Å². The third-order valence-electron chi connectivity index (χ3n) is 10.7. The molecule has 9 aromatic rings. The number of rotatable bonds is 7. The van der Waals surface area contributed by atoms with Gasteiger partial charge in [0.1, 0.15) is 45.1 Å². The summed E-state index contributed by atoms with van der Waals surface area (Å²) in [6.45, 7) is 3.86. The van der Waals surface area contributed by atoms with E-state index in [1.54, 1.807) is 22.7 Å². The van der Waals surface area contributed by atoms with Gasteiger partial charge in [-0.25, -0.2) is 29.9 Å². The summed E-state index contributed by atoms with van der Waals surface area (Å²) >= 11 is 3.32. The van der Waals surface area contributed by atoms with Crippen LogP contribution in [0.4, 0.5) is 74.4 Å². The fourth-order valence-electron chi connectivity index (χ4n) is 7.29. The summed E-state index contributed by atoms with van der Waals surface area (Å²) in [7, 11) is 0. The molecular weight excluding hydrogens is 1120 g/mol. The summed E-state index contributed by atoms with van der Waals surface area (Å²) in [6.07, 6.45) is -5.82. The second-order valence-corrected chi connectivity index (χ2v) is 17.0. The van der Waals surface area contributed by atoms with Gasteiger partial charge in [-0.15, -0.1) is 0 Å². The number of carbonyl (C=O) groups excluding carboxylic acids is 4. The lowest BCUT2D eigenvalue weighted by Gasteiger charge is -2.11. The first-order chi connectivity index (χ1) is 36.4. The molecule has 11 N–H and O–H groups in total. The summed E-state index contributed by atoms with van der Waals surface area (Å²) in [5.41, 5.74) is 21.0. The molecule has 0 saturated carbocycles. The van der Waals surface area contributed by atoms with Crippen LogP contribution in [0.1, 0.15) is 53.6 Å². The Kier molecular flexibility index (Phi) is 15.3. The highest BCUT2D eigenvalue weighted by Gasteiger charge is 2.36. The number of hydrogen-bond donors (Lipinski definition) is 7. The van der Waals surface area contributed by atoms with Crippen LogP contribution in [0.3, 0.4) is 0 Å². The third-order valence-corrected chi connectivity index (χ3v) is 11.4. The Morgan fingerprint density at radius 1 is 0.526 bits per heavy atom. The zero-order valence-corrected chi connectivity index (χ0v) is 41.4. The Hall–Kier alpha value is -9.86. The maximum absolute atomic E-state index is 13.1. The molecule has 78 heavy (non-hydrogen) atoms. The summed E-state index contributed by atoms with van der Waals surface area (Å²) in [6, 6.07) is 13.9. The van der Waals surface area contributed by atoms with Gasteiger partial charge in [0.2, 0.25) is 17.7 Å². The minimum absolute atomic E-state index is 0.0430. The third kappa shape index (κ3) is 12.1. The van der Waals surface area contributed by atoms with E-state index in [9.17, 15) is 64.0 Å². The number of halogens is 10. The number of hydrogen-bond acceptors (Lipinski definition) is 14. The van der Waals surface area contributed by atoms with E-state index in [-0.39, 0.29) is 51.3 Å². The highest BCUT2D eigenvalue weighted by molar-refractivity contribution is 9.10. The molecule has 0 radical (unpaired) electrons. The largest absolute Gasteiger partial charge is 0.419 e. The number of nitrogens with zero attached hydrogens (tertiary/aromatic N) is 10. The van der Waals surface area contributed by atoms with E-state index in [1.165, 1.54) is 84.8 Å². The molecule has 0 aliphatic rings. The SMILES string of the molecule is CC(=O)Nc1nc2ccc(-c3cnc(N)c(C(F)(F)F)c3)cn2c1Br.CC(=O)Nc1nc2ccc(-c3cnc(N)c(C(F)(F)F)c3)cn2c1C#N.CC(=O)Nc1nc2ccc(-c3cnc(N)c(C(F)(F)F)c3)cn2c1C(N)=O. The topological polar surface area (TPSA) is 323 Å². The number of alkyl halides is 9. The second-order valence-electron chi connectivity index (χ2n) is 16.3. The normalized spacial score (nSPS) is 11.5. The molecule has 0 unspecified atom stereocenters. The lowest BCUT2D eigenvalue weighted by atomic mass is 10.1. The number of nitrogen functional groups attached to an aromatic ring is 3. The first-order valence-electron chi connectivity index (χ1n) is 21.7. The zero-order valence-electron chi connectivity index (χ0n) is 39.9. The molecule has 4 amide bonds. The van der Waals surface area contributed by atoms with Crippen LogP contribution >= 0.6 is 15.9 Å². The molecule has 0 aliphatic carbocycles. The van der Waals surface area contributed by atoms with Gasteiger partial charge >= 0.3 is 18.5 Å². The molecule has 9 aromatic heterocycles. The van der Waals surface area contributed by atoms with Crippen LogP contribution in [0.2, 0.25) is 0 Å². The number of fused-ring (bicyclic) bond motifs is 3. The number of amides is 4. The van der Waals surface area contributed by atoms with Crippen LogP contribution in [-0.4, -0.2) is 66.7 Å². The van der Waals surface area contributed by atoms with Crippen molar-refractivity contribution in [3.05, 3.63) is 124 Å². The Bertz CT molecular complexity index is 3920. The van der Waals surface area contributed by atoms with Crippen molar-refractivity contribution >= 4 is 91.4 Å². The maximum Gasteiger partial charge on any atom is 0.419 e. The van der Waals surface area contributed by atoms with Crippen molar-refractivity contribution in [2.45, 2.75) is 39.3 Å². The summed E-state index contributed by atoms with van der Waals surface area (Å²) in [5, 5.41) is 16.7. The van der Waals surface area contributed by atoms with Crippen LogP contribution < -0.4 is 38.9 Å². The predicted molar refractivity (Wildman–Crippen MR) is 267 cm³/mol. The van der Waals surface area contributed by atoms with Gasteiger partial charge in [0.05, 0.1) is 16.7 Å². The number of imidazole rings is 3. The van der Waals surface area contributed by atoms with Crippen molar-refractivity contribution in [2.24, 2.45) is 5.73 Å². The van der Waals surface area contributed by atoms with E-state index < -0.39 is 70.4 Å². The smallest absolute Gasteiger partial charge is 0.383 e. The Morgan fingerprint density at radius 2 is 0.859 bits per heavy atom. The summed E-state index contributed by atoms with van der Waals surface area (Å²) in [5.74, 6) is -3.50. The molecule has 0 aliphatic heterocycles. The molecule has 0 atom stereocenters. The molecule has 9 rings (SSSR count). The quantitative estimate of drug-likeness (QED) is 0.0735. The first kappa shape index (κ1) is 55.9. The van der Waals surface area contributed by atoms with Crippen molar-refractivity contribution in [2.75, 3.05) is 33.2 Å². The Labute approximate surface area is 439 Å². The van der Waals surface area contributed by atoms with E-state index in [0.29, 0.717) is 38.4 Å². The van der Waals surface area contributed by atoms with Crippen LogP contribution in [-0.2, 0) is 32.9 Å². The van der Waals surface area contributed by atoms with Crippen LogP contribution in [0.25, 0.3) is 50.3 Å². The zero-order chi connectivity index (χ0) is 57.3. The lowest BCUT2D eigenvalue weighted by Crippen LogP contribution is -2.18. The Morgan fingerprint density at radius 3 is 1.24 bits per heavy atom. The number of primary amides is 1. The van der Waals surface area contributed by atoms with Crippen molar-refractivity contribution < 1.29 is 58.7 Å². The molecule has 0 fully saturated rings. The average Bonchev–Trinajstić information content (AvgIpc) is 4.07. The summed E-state index contributed by atoms with van der Waals surface area (Å²) < 4.78 is 122. The monoisotopic (exact) mass is 1150 g/mol. The van der Waals surface area contributed by atoms with Gasteiger partial charge in [-0.05, 0) is 70.5 Å². The molecule has 0 saturated heterocycles. The number of nitriles is 1. The summed E-state index contributed by atoms with van der Waals surface area (Å²) in [4.78, 5) is 68.7. The van der Waals surface area contributed by atoms with Crippen LogP contribution in [0.5, 0.6) is 0 Å². The highest BCUT2D eigenvalue weighted by Crippen LogP contribution is 2.38. The van der Waals surface area contributed by atoms with Crippen LogP contribution in [0.15, 0.2) is 96.4 Å². The van der Waals surface area contributed by atoms with Gasteiger partial charge in [0.25, 0.3) is 5.91 Å². The van der Waals surface area contributed by atoms with E-state index in [2.05, 4.69) is 61.8 Å². The highest BCUT2D eigenvalue weighted by atomic mass is 79.9. The van der Waals surface area contributed by atoms with Gasteiger partial charge < -0.3 is 38.9 Å². The fourth-order valence-corrected chi connectivity index (χ4v) is 7.77. The van der Waals surface area contributed by atoms with Gasteiger partial charge in [0, 0.05) is 91.3 Å². The molecule has 402 valence electrons. The molecule has 31 heteroatoms. The van der Waals surface area contributed by atoms with Crippen molar-refractivity contribution in [3.63, 3.8) is 0 Å². The maximum atomic E-state index is 13.1. The minimum Gasteiger partial charge on any atom is -0.383 e. The van der Waals surface area contributed by atoms with Gasteiger partial charge in [0.15, 0.2) is 28.8 Å². The molecule has 0 aromatic carbocycles. The fraction of sp³-hybridized carbons (Fsp3) is 0.128. The first-order valence-corrected chi connectivity index (χ1v) is 22.5. The van der Waals surface area contributed by atoms with Crippen molar-refractivity contribution in [1.29, 1.82) is 5.26 Å². The number of anilines is 6. The second kappa shape index (κ2) is 21.4. The van der Waals surface area contributed by atoms with Gasteiger partial charge in [-0.3, -0.25) is 32.4 Å². The molecule has 0 spiro atoms. The molecule has 9 heterocycles. The predicted octanol–water partition coefficient (Wildman–Crippen LogP) is 8.60. The lowest BCUT2D eigenvalue weighted by molar-refractivity contribution is -0.137. The van der Waals surface area contributed by atoms with E-state index >= 15 is 0 Å². The van der Waals surface area contributed by atoms with Crippen molar-refractivity contribution in [3.8, 4) is 39.4 Å².